The van der Waals surface area contributed by atoms with Crippen molar-refractivity contribution in [1.82, 2.24) is 8.75 Å². The van der Waals surface area contributed by atoms with E-state index >= 15 is 0 Å². The zero-order valence-corrected chi connectivity index (χ0v) is 9.64. The summed E-state index contributed by atoms with van der Waals surface area (Å²) in [5.74, 6) is 0. The van der Waals surface area contributed by atoms with Gasteiger partial charge in [0, 0.05) is 11.7 Å². The van der Waals surface area contributed by atoms with Crippen molar-refractivity contribution in [3.8, 4) is 0 Å². The summed E-state index contributed by atoms with van der Waals surface area (Å²) < 4.78 is 8.02. The number of nitrogens with one attached hydrogen (secondary N) is 1. The Bertz CT molecular complexity index is 277. The zero-order valence-electron chi connectivity index (χ0n) is 8.01. The van der Waals surface area contributed by atoms with Crippen molar-refractivity contribution < 1.29 is 0 Å². The van der Waals surface area contributed by atoms with Crippen molar-refractivity contribution in [3.63, 3.8) is 0 Å². The molecule has 0 radical (unpaired) electrons. The summed E-state index contributed by atoms with van der Waals surface area (Å²) in [6.45, 7) is 2.23. The maximum absolute atomic E-state index is 5.08. The van der Waals surface area contributed by atoms with Crippen LogP contribution < -0.4 is 0 Å². The van der Waals surface area contributed by atoms with E-state index in [1.807, 2.05) is 0 Å². The third kappa shape index (κ3) is 4.00. The van der Waals surface area contributed by atoms with E-state index in [-0.39, 0.29) is 0 Å². The first-order chi connectivity index (χ1) is 6.34. The van der Waals surface area contributed by atoms with Crippen LogP contribution in [0.4, 0.5) is 0 Å². The lowest BCUT2D eigenvalue weighted by molar-refractivity contribution is 0.629. The highest BCUT2D eigenvalue weighted by Gasteiger charge is 1.98. The van der Waals surface area contributed by atoms with Crippen molar-refractivity contribution in [2.75, 3.05) is 0 Å². The van der Waals surface area contributed by atoms with Gasteiger partial charge in [-0.15, -0.1) is 0 Å². The van der Waals surface area contributed by atoms with Crippen molar-refractivity contribution in [2.45, 2.75) is 45.4 Å². The Morgan fingerprint density at radius 2 is 2.08 bits per heavy atom. The van der Waals surface area contributed by atoms with Gasteiger partial charge in [-0.3, -0.25) is 4.37 Å². The second-order valence-corrected chi connectivity index (χ2v) is 4.20. The fraction of sp³-hybridized carbons (Fsp3) is 0.778. The van der Waals surface area contributed by atoms with Gasteiger partial charge in [0.1, 0.15) is 4.64 Å². The quantitative estimate of drug-likeness (QED) is 0.580. The van der Waals surface area contributed by atoms with Crippen LogP contribution in [0.2, 0.25) is 0 Å². The second-order valence-electron chi connectivity index (χ2n) is 3.22. The average Bonchev–Trinajstić information content (AvgIpc) is 2.52. The van der Waals surface area contributed by atoms with Gasteiger partial charge in [0.2, 0.25) is 0 Å². The molecule has 0 saturated carbocycles. The summed E-state index contributed by atoms with van der Waals surface area (Å²) in [4.78, 5) is 0. The number of hydrogen-bond acceptors (Lipinski definition) is 3. The van der Waals surface area contributed by atoms with E-state index in [2.05, 4.69) is 15.7 Å². The van der Waals surface area contributed by atoms with E-state index in [0.29, 0.717) is 0 Å². The Balaban J connectivity index is 2.13. The zero-order chi connectivity index (χ0) is 9.52. The molecule has 74 valence electrons. The van der Waals surface area contributed by atoms with Gasteiger partial charge in [-0.2, -0.15) is 4.37 Å². The first-order valence-corrected chi connectivity index (χ1v) is 6.06. The number of hydrogen-bond donors (Lipinski definition) is 1. The van der Waals surface area contributed by atoms with Gasteiger partial charge in [-0.05, 0) is 12.8 Å². The van der Waals surface area contributed by atoms with Gasteiger partial charge in [-0.1, -0.05) is 44.8 Å². The molecule has 0 fully saturated rings. The van der Waals surface area contributed by atoms with E-state index < -0.39 is 0 Å². The summed E-state index contributed by atoms with van der Waals surface area (Å²) in [5.41, 5.74) is 1.08. The Labute approximate surface area is 88.7 Å². The molecule has 0 atom stereocenters. The highest BCUT2D eigenvalue weighted by Crippen LogP contribution is 2.08. The molecule has 0 unspecified atom stereocenters. The van der Waals surface area contributed by atoms with Crippen LogP contribution in [-0.2, 0) is 6.42 Å². The molecule has 0 bridgehead atoms. The van der Waals surface area contributed by atoms with Crippen LogP contribution >= 0.6 is 23.9 Å². The Morgan fingerprint density at radius 3 is 2.69 bits per heavy atom. The third-order valence-corrected chi connectivity index (χ3v) is 3.15. The molecule has 0 aliphatic heterocycles. The van der Waals surface area contributed by atoms with Crippen LogP contribution in [0.25, 0.3) is 0 Å². The molecule has 0 amide bonds. The van der Waals surface area contributed by atoms with Crippen LogP contribution in [0.5, 0.6) is 0 Å². The number of aromatic nitrogens is 2. The molecule has 1 aromatic rings. The van der Waals surface area contributed by atoms with E-state index in [1.165, 1.54) is 43.8 Å². The van der Waals surface area contributed by atoms with Crippen LogP contribution in [0.15, 0.2) is 0 Å². The number of aryl methyl sites for hydroxylation is 1. The van der Waals surface area contributed by atoms with Crippen LogP contribution in [0.1, 0.15) is 44.7 Å². The first-order valence-electron chi connectivity index (χ1n) is 4.88. The molecule has 2 nitrogen and oxygen atoms in total. The second kappa shape index (κ2) is 6.27. The number of nitrogens with zero attached hydrogens (tertiary/aromatic N) is 1. The topological polar surface area (TPSA) is 28.7 Å². The van der Waals surface area contributed by atoms with Crippen molar-refractivity contribution in [1.29, 1.82) is 0 Å². The van der Waals surface area contributed by atoms with Gasteiger partial charge < -0.3 is 0 Å². The predicted octanol–water partition coefficient (Wildman–Crippen LogP) is 3.71. The Kier molecular flexibility index (Phi) is 5.23. The van der Waals surface area contributed by atoms with Crippen molar-refractivity contribution in [2.24, 2.45) is 0 Å². The minimum Gasteiger partial charge on any atom is -0.284 e. The van der Waals surface area contributed by atoms with E-state index in [9.17, 15) is 0 Å². The average molecular weight is 216 g/mol. The molecular weight excluding hydrogens is 200 g/mol. The molecule has 4 heteroatoms. The third-order valence-electron chi connectivity index (χ3n) is 2.07. The Hall–Kier alpha value is -0.220. The van der Waals surface area contributed by atoms with Crippen LogP contribution in [0.3, 0.4) is 0 Å². The predicted molar refractivity (Wildman–Crippen MR) is 59.8 cm³/mol. The summed E-state index contributed by atoms with van der Waals surface area (Å²) in [7, 11) is 0. The minimum atomic E-state index is 0.834. The summed E-state index contributed by atoms with van der Waals surface area (Å²) >= 11 is 6.43. The standard InChI is InChI=1S/C9H16N2S2/c1-2-3-4-5-6-7-8-9(12)11-13-10-8/h2-7H2,1H3,(H,11,12). The molecule has 0 aliphatic carbocycles. The minimum absolute atomic E-state index is 0.834. The molecule has 0 aromatic carbocycles. The summed E-state index contributed by atoms with van der Waals surface area (Å²) in [6, 6.07) is 0. The maximum Gasteiger partial charge on any atom is 0.136 e. The maximum atomic E-state index is 5.08. The van der Waals surface area contributed by atoms with Crippen LogP contribution in [-0.4, -0.2) is 8.75 Å². The molecule has 1 rings (SSSR count). The summed E-state index contributed by atoms with van der Waals surface area (Å²) in [5, 5.41) is 0. The van der Waals surface area contributed by atoms with Gasteiger partial charge in [-0.25, -0.2) is 0 Å². The van der Waals surface area contributed by atoms with E-state index in [4.69, 9.17) is 12.2 Å². The highest BCUT2D eigenvalue weighted by atomic mass is 32.1. The molecule has 0 saturated heterocycles. The lowest BCUT2D eigenvalue weighted by atomic mass is 10.1. The molecule has 1 heterocycles. The first kappa shape index (κ1) is 10.9. The fourth-order valence-electron chi connectivity index (χ4n) is 1.27. The van der Waals surface area contributed by atoms with Crippen molar-refractivity contribution >= 4 is 23.9 Å². The number of H-pyrrole nitrogens is 1. The highest BCUT2D eigenvalue weighted by molar-refractivity contribution is 7.71. The Morgan fingerprint density at radius 1 is 1.31 bits per heavy atom. The molecule has 13 heavy (non-hydrogen) atoms. The molecule has 0 spiro atoms. The number of rotatable bonds is 6. The normalized spacial score (nSPS) is 10.5. The molecular formula is C9H16N2S2. The largest absolute Gasteiger partial charge is 0.284 e. The lowest BCUT2D eigenvalue weighted by Gasteiger charge is -1.96. The monoisotopic (exact) mass is 216 g/mol. The molecule has 1 N–H and O–H groups in total. The number of aromatic amines is 1. The lowest BCUT2D eigenvalue weighted by Crippen LogP contribution is -1.86. The van der Waals surface area contributed by atoms with Gasteiger partial charge in [0.25, 0.3) is 0 Å². The van der Waals surface area contributed by atoms with Gasteiger partial charge >= 0.3 is 0 Å². The van der Waals surface area contributed by atoms with Crippen molar-refractivity contribution in [3.05, 3.63) is 10.3 Å². The fourth-order valence-corrected chi connectivity index (χ4v) is 2.13. The van der Waals surface area contributed by atoms with E-state index in [1.54, 1.807) is 0 Å². The molecule has 1 aromatic heterocycles. The van der Waals surface area contributed by atoms with E-state index in [0.717, 1.165) is 16.8 Å². The van der Waals surface area contributed by atoms with Crippen LogP contribution in [0, 0.1) is 4.64 Å². The SMILES string of the molecule is CCCCCCCc1ns[nH]c1=S. The van der Waals surface area contributed by atoms with Gasteiger partial charge in [0.05, 0.1) is 5.69 Å². The molecule has 0 aliphatic rings. The smallest absolute Gasteiger partial charge is 0.136 e. The van der Waals surface area contributed by atoms with Gasteiger partial charge in [0.15, 0.2) is 0 Å². The summed E-state index contributed by atoms with van der Waals surface area (Å²) in [6.07, 6.45) is 7.57. The number of unbranched alkanes of at least 4 members (excludes halogenated alkanes) is 4.